The number of carbonyl (C=O) groups excluding carboxylic acids is 2. The van der Waals surface area contributed by atoms with Crippen LogP contribution in [0.2, 0.25) is 0 Å². The van der Waals surface area contributed by atoms with Gasteiger partial charge in [0.25, 0.3) is 11.8 Å². The summed E-state index contributed by atoms with van der Waals surface area (Å²) in [5, 5.41) is 0. The number of nitrogens with zero attached hydrogens (tertiary/aromatic N) is 2. The predicted octanol–water partition coefficient (Wildman–Crippen LogP) is 3.22. The second kappa shape index (κ2) is 8.74. The maximum absolute atomic E-state index is 13.1. The fourth-order valence-electron chi connectivity index (χ4n) is 3.65. The highest BCUT2D eigenvalue weighted by Gasteiger charge is 2.32. The fourth-order valence-corrected chi connectivity index (χ4v) is 3.65. The third kappa shape index (κ3) is 5.01. The molecule has 1 saturated carbocycles. The molecule has 0 spiro atoms. The van der Waals surface area contributed by atoms with Gasteiger partial charge in [0.1, 0.15) is 5.82 Å². The van der Waals surface area contributed by atoms with Crippen molar-refractivity contribution in [2.45, 2.75) is 18.9 Å². The van der Waals surface area contributed by atoms with Crippen LogP contribution >= 0.6 is 0 Å². The molecule has 1 aliphatic carbocycles. The Kier molecular flexibility index (Phi) is 5.90. The highest BCUT2D eigenvalue weighted by atomic mass is 19.1. The molecule has 2 amide bonds. The lowest BCUT2D eigenvalue weighted by atomic mass is 10.1. The van der Waals surface area contributed by atoms with E-state index in [1.165, 1.54) is 24.3 Å². The van der Waals surface area contributed by atoms with Gasteiger partial charge in [-0.05, 0) is 55.2 Å². The highest BCUT2D eigenvalue weighted by molar-refractivity contribution is 5.95. The van der Waals surface area contributed by atoms with E-state index in [-0.39, 0.29) is 23.7 Å². The lowest BCUT2D eigenvalue weighted by Gasteiger charge is -2.36. The van der Waals surface area contributed by atoms with Gasteiger partial charge in [0.15, 0.2) is 0 Å². The molecule has 2 fully saturated rings. The maximum Gasteiger partial charge on any atom is 0.254 e. The van der Waals surface area contributed by atoms with E-state index in [0.29, 0.717) is 43.3 Å². The minimum absolute atomic E-state index is 0.00286. The summed E-state index contributed by atoms with van der Waals surface area (Å²) in [6.07, 6.45) is 2.07. The molecule has 2 aromatic rings. The Morgan fingerprint density at radius 3 is 2.41 bits per heavy atom. The van der Waals surface area contributed by atoms with Crippen LogP contribution in [0.15, 0.2) is 54.6 Å². The van der Waals surface area contributed by atoms with Crippen LogP contribution in [0.1, 0.15) is 33.6 Å². The first-order valence-corrected chi connectivity index (χ1v) is 10.1. The van der Waals surface area contributed by atoms with E-state index in [0.717, 1.165) is 19.4 Å². The Morgan fingerprint density at radius 2 is 1.72 bits per heavy atom. The van der Waals surface area contributed by atoms with Crippen LogP contribution in [0.5, 0.6) is 0 Å². The smallest absolute Gasteiger partial charge is 0.254 e. The Labute approximate surface area is 170 Å². The molecule has 2 aromatic carbocycles. The van der Waals surface area contributed by atoms with Crippen LogP contribution in [-0.2, 0) is 4.74 Å². The summed E-state index contributed by atoms with van der Waals surface area (Å²) < 4.78 is 19.0. The van der Waals surface area contributed by atoms with Crippen molar-refractivity contribution in [1.29, 1.82) is 0 Å². The number of hydrogen-bond acceptors (Lipinski definition) is 3. The molecule has 1 saturated heterocycles. The first kappa shape index (κ1) is 19.6. The number of morpholine rings is 1. The van der Waals surface area contributed by atoms with Gasteiger partial charge in [-0.25, -0.2) is 4.39 Å². The number of rotatable bonds is 6. The van der Waals surface area contributed by atoms with E-state index in [9.17, 15) is 14.0 Å². The third-order valence-electron chi connectivity index (χ3n) is 5.42. The largest absolute Gasteiger partial charge is 0.373 e. The molecule has 29 heavy (non-hydrogen) atoms. The van der Waals surface area contributed by atoms with Crippen LogP contribution in [0.4, 0.5) is 4.39 Å². The van der Waals surface area contributed by atoms with Crippen LogP contribution in [0.25, 0.3) is 0 Å². The fraction of sp³-hybridized carbons (Fsp3) is 0.391. The number of hydrogen-bond donors (Lipinski definition) is 0. The summed E-state index contributed by atoms with van der Waals surface area (Å²) in [5.41, 5.74) is 1.13. The molecule has 0 unspecified atom stereocenters. The molecule has 0 bridgehead atoms. The summed E-state index contributed by atoms with van der Waals surface area (Å²) >= 11 is 0. The van der Waals surface area contributed by atoms with Crippen molar-refractivity contribution < 1.29 is 18.7 Å². The molecule has 2 aliphatic rings. The van der Waals surface area contributed by atoms with Gasteiger partial charge in [-0.1, -0.05) is 18.2 Å². The van der Waals surface area contributed by atoms with Gasteiger partial charge in [0.2, 0.25) is 0 Å². The van der Waals surface area contributed by atoms with Gasteiger partial charge in [0, 0.05) is 37.3 Å². The summed E-state index contributed by atoms with van der Waals surface area (Å²) in [7, 11) is 0. The number of ether oxygens (including phenoxy) is 1. The van der Waals surface area contributed by atoms with Crippen LogP contribution in [-0.4, -0.2) is 60.5 Å². The van der Waals surface area contributed by atoms with Crippen molar-refractivity contribution in [3.63, 3.8) is 0 Å². The topological polar surface area (TPSA) is 49.9 Å². The third-order valence-corrected chi connectivity index (χ3v) is 5.42. The van der Waals surface area contributed by atoms with E-state index in [4.69, 9.17) is 4.74 Å². The molecule has 6 heteroatoms. The molecule has 4 rings (SSSR count). The normalized spacial score (nSPS) is 19.1. The van der Waals surface area contributed by atoms with Crippen molar-refractivity contribution in [1.82, 2.24) is 9.80 Å². The van der Waals surface area contributed by atoms with Crippen molar-refractivity contribution in [3.8, 4) is 0 Å². The monoisotopic (exact) mass is 396 g/mol. The van der Waals surface area contributed by atoms with E-state index in [1.54, 1.807) is 4.90 Å². The lowest BCUT2D eigenvalue weighted by Crippen LogP contribution is -2.51. The number of benzene rings is 2. The summed E-state index contributed by atoms with van der Waals surface area (Å²) in [6.45, 7) is 2.51. The lowest BCUT2D eigenvalue weighted by molar-refractivity contribution is -0.0335. The van der Waals surface area contributed by atoms with Crippen molar-refractivity contribution in [2.75, 3.05) is 32.8 Å². The van der Waals surface area contributed by atoms with Crippen LogP contribution in [0.3, 0.4) is 0 Å². The Bertz CT molecular complexity index is 852. The summed E-state index contributed by atoms with van der Waals surface area (Å²) in [6, 6.07) is 14.9. The van der Waals surface area contributed by atoms with Gasteiger partial charge in [-0.3, -0.25) is 9.59 Å². The molecule has 1 aliphatic heterocycles. The molecule has 1 atom stereocenters. The minimum Gasteiger partial charge on any atom is -0.373 e. The average Bonchev–Trinajstić information content (AvgIpc) is 3.58. The molecule has 5 nitrogen and oxygen atoms in total. The summed E-state index contributed by atoms with van der Waals surface area (Å²) in [5.74, 6) is 0.0595. The van der Waals surface area contributed by atoms with Crippen LogP contribution < -0.4 is 0 Å². The SMILES string of the molecule is O=C(c1ccc(F)cc1)N1CCO[C@@H](CN(CC2CC2)C(=O)c2ccccc2)C1. The predicted molar refractivity (Wildman–Crippen MR) is 107 cm³/mol. The molecule has 152 valence electrons. The zero-order valence-electron chi connectivity index (χ0n) is 16.3. The summed E-state index contributed by atoms with van der Waals surface area (Å²) in [4.78, 5) is 29.3. The van der Waals surface area contributed by atoms with E-state index in [2.05, 4.69) is 0 Å². The van der Waals surface area contributed by atoms with E-state index in [1.807, 2.05) is 35.2 Å². The van der Waals surface area contributed by atoms with Crippen molar-refractivity contribution in [2.24, 2.45) is 5.92 Å². The van der Waals surface area contributed by atoms with Gasteiger partial charge >= 0.3 is 0 Å². The van der Waals surface area contributed by atoms with E-state index < -0.39 is 0 Å². The zero-order chi connectivity index (χ0) is 20.2. The number of carbonyl (C=O) groups is 2. The molecule has 0 radical (unpaired) electrons. The van der Waals surface area contributed by atoms with Crippen LogP contribution in [0, 0.1) is 11.7 Å². The first-order valence-electron chi connectivity index (χ1n) is 10.1. The quantitative estimate of drug-likeness (QED) is 0.753. The van der Waals surface area contributed by atoms with Gasteiger partial charge in [-0.15, -0.1) is 0 Å². The second-order valence-electron chi connectivity index (χ2n) is 7.77. The standard InChI is InChI=1S/C23H25FN2O3/c24-20-10-8-19(9-11-20)22(27)25-12-13-29-21(15-25)16-26(14-17-6-7-17)23(28)18-4-2-1-3-5-18/h1-5,8-11,17,21H,6-7,12-16H2/t21-/m1/s1. The Hall–Kier alpha value is -2.73. The highest BCUT2D eigenvalue weighted by Crippen LogP contribution is 2.30. The number of halogens is 1. The molecule has 0 N–H and O–H groups in total. The zero-order valence-corrected chi connectivity index (χ0v) is 16.3. The number of amides is 2. The van der Waals surface area contributed by atoms with Gasteiger partial charge in [-0.2, -0.15) is 0 Å². The van der Waals surface area contributed by atoms with E-state index >= 15 is 0 Å². The molecular weight excluding hydrogens is 371 g/mol. The van der Waals surface area contributed by atoms with Crippen molar-refractivity contribution in [3.05, 3.63) is 71.5 Å². The van der Waals surface area contributed by atoms with Gasteiger partial charge < -0.3 is 14.5 Å². The van der Waals surface area contributed by atoms with Crippen molar-refractivity contribution >= 4 is 11.8 Å². The maximum atomic E-state index is 13.1. The minimum atomic E-state index is -0.364. The molecule has 0 aromatic heterocycles. The Morgan fingerprint density at radius 1 is 1.00 bits per heavy atom. The molecular formula is C23H25FN2O3. The average molecular weight is 396 g/mol. The van der Waals surface area contributed by atoms with Gasteiger partial charge in [0.05, 0.1) is 12.7 Å². The second-order valence-corrected chi connectivity index (χ2v) is 7.77. The Balaban J connectivity index is 1.42. The molecule has 1 heterocycles. The first-order chi connectivity index (χ1) is 14.1.